The number of benzene rings is 3. The summed E-state index contributed by atoms with van der Waals surface area (Å²) in [5, 5.41) is 2.94. The Balaban J connectivity index is 1.35. The highest BCUT2D eigenvalue weighted by atomic mass is 79.9. The summed E-state index contributed by atoms with van der Waals surface area (Å²) < 4.78 is 2.99. The minimum atomic E-state index is 0.00268. The molecule has 0 aliphatic heterocycles. The minimum absolute atomic E-state index is 0.00268. The molecule has 4 rings (SSSR count). The number of thiazole rings is 1. The molecule has 7 heteroatoms. The predicted octanol–water partition coefficient (Wildman–Crippen LogP) is 6.22. The fourth-order valence-corrected chi connectivity index (χ4v) is 4.90. The monoisotopic (exact) mass is 495 g/mol. The van der Waals surface area contributed by atoms with E-state index < -0.39 is 0 Å². The molecule has 0 saturated carbocycles. The number of nitrogens with one attached hydrogen (secondary N) is 1. The average Bonchev–Trinajstić information content (AvgIpc) is 3.19. The Labute approximate surface area is 191 Å². The van der Waals surface area contributed by atoms with Crippen LogP contribution in [0.15, 0.2) is 86.6 Å². The number of rotatable bonds is 7. The molecule has 0 aliphatic rings. The van der Waals surface area contributed by atoms with Gasteiger partial charge in [0.1, 0.15) is 0 Å². The van der Waals surface area contributed by atoms with Gasteiger partial charge in [0.25, 0.3) is 0 Å². The van der Waals surface area contributed by atoms with Crippen molar-refractivity contribution in [3.05, 3.63) is 88.4 Å². The molecule has 0 aliphatic carbocycles. The van der Waals surface area contributed by atoms with Crippen molar-refractivity contribution in [1.82, 2.24) is 10.3 Å². The van der Waals surface area contributed by atoms with E-state index in [-0.39, 0.29) is 5.91 Å². The van der Waals surface area contributed by atoms with Crippen molar-refractivity contribution in [3.63, 3.8) is 0 Å². The van der Waals surface area contributed by atoms with E-state index in [0.717, 1.165) is 35.8 Å². The maximum Gasteiger partial charge on any atom is 0.230 e. The molecule has 0 spiro atoms. The van der Waals surface area contributed by atoms with Crippen LogP contribution in [0.25, 0.3) is 10.2 Å². The quantitative estimate of drug-likeness (QED) is 0.244. The van der Waals surface area contributed by atoms with E-state index in [0.29, 0.717) is 12.3 Å². The Kier molecular flexibility index (Phi) is 6.94. The number of amides is 1. The second kappa shape index (κ2) is 10.0. The number of aromatic nitrogens is 1. The fraction of sp³-hybridized carbons (Fsp3) is 0.0870. The Morgan fingerprint density at radius 3 is 2.70 bits per heavy atom. The largest absolute Gasteiger partial charge is 0.351 e. The Morgan fingerprint density at radius 2 is 1.90 bits per heavy atom. The van der Waals surface area contributed by atoms with Gasteiger partial charge >= 0.3 is 0 Å². The van der Waals surface area contributed by atoms with Crippen LogP contribution in [-0.4, -0.2) is 22.9 Å². The number of carbonyl (C=O) groups excluding carboxylic acids is 1. The molecule has 3 aromatic carbocycles. The van der Waals surface area contributed by atoms with Crippen LogP contribution in [0.3, 0.4) is 0 Å². The molecular weight excluding hydrogens is 478 g/mol. The van der Waals surface area contributed by atoms with Crippen molar-refractivity contribution < 1.29 is 4.79 Å². The molecule has 1 amide bonds. The van der Waals surface area contributed by atoms with Crippen LogP contribution in [0.2, 0.25) is 0 Å². The highest BCUT2D eigenvalue weighted by molar-refractivity contribution is 9.10. The Hall–Kier alpha value is -2.48. The Bertz CT molecular complexity index is 1170. The van der Waals surface area contributed by atoms with Gasteiger partial charge in [0.2, 0.25) is 5.91 Å². The van der Waals surface area contributed by atoms with E-state index >= 15 is 0 Å². The second-order valence-electron chi connectivity index (χ2n) is 6.49. The summed E-state index contributed by atoms with van der Waals surface area (Å²) in [4.78, 5) is 21.3. The van der Waals surface area contributed by atoms with Crippen LogP contribution in [0.1, 0.15) is 11.1 Å². The SMILES string of the molecule is O=C(CSc1nc2ccc(N=Cc3ccc(Br)cc3)cc2s1)NCc1ccccc1. The predicted molar refractivity (Wildman–Crippen MR) is 130 cm³/mol. The lowest BCUT2D eigenvalue weighted by atomic mass is 10.2. The number of halogens is 1. The van der Waals surface area contributed by atoms with Crippen LogP contribution >= 0.6 is 39.0 Å². The number of aliphatic imine (C=N–C) groups is 1. The molecule has 0 atom stereocenters. The van der Waals surface area contributed by atoms with Gasteiger partial charge in [0.15, 0.2) is 4.34 Å². The van der Waals surface area contributed by atoms with E-state index in [1.54, 1.807) is 11.3 Å². The zero-order valence-corrected chi connectivity index (χ0v) is 19.1. The third kappa shape index (κ3) is 5.78. The third-order valence-corrected chi connectivity index (χ3v) is 6.93. The van der Waals surface area contributed by atoms with Gasteiger partial charge in [-0.05, 0) is 41.5 Å². The van der Waals surface area contributed by atoms with Crippen molar-refractivity contribution in [3.8, 4) is 0 Å². The molecule has 0 bridgehead atoms. The number of carbonyl (C=O) groups is 1. The summed E-state index contributed by atoms with van der Waals surface area (Å²) in [6, 6.07) is 23.9. The molecular formula is C23H18BrN3OS2. The number of hydrogen-bond acceptors (Lipinski definition) is 5. The summed E-state index contributed by atoms with van der Waals surface area (Å²) in [5.74, 6) is 0.351. The van der Waals surface area contributed by atoms with Crippen LogP contribution in [-0.2, 0) is 11.3 Å². The van der Waals surface area contributed by atoms with Gasteiger partial charge in [-0.15, -0.1) is 11.3 Å². The highest BCUT2D eigenvalue weighted by Gasteiger charge is 2.08. The first-order valence-electron chi connectivity index (χ1n) is 9.29. The molecule has 1 aromatic heterocycles. The second-order valence-corrected chi connectivity index (χ2v) is 9.66. The van der Waals surface area contributed by atoms with E-state index in [2.05, 4.69) is 31.2 Å². The van der Waals surface area contributed by atoms with Crippen molar-refractivity contribution in [2.75, 3.05) is 5.75 Å². The first kappa shape index (κ1) is 20.8. The third-order valence-electron chi connectivity index (χ3n) is 4.24. The number of hydrogen-bond donors (Lipinski definition) is 1. The minimum Gasteiger partial charge on any atom is -0.351 e. The molecule has 0 radical (unpaired) electrons. The molecule has 1 heterocycles. The molecule has 150 valence electrons. The molecule has 4 nitrogen and oxygen atoms in total. The van der Waals surface area contributed by atoms with Gasteiger partial charge < -0.3 is 5.32 Å². The maximum atomic E-state index is 12.1. The van der Waals surface area contributed by atoms with E-state index in [1.807, 2.05) is 79.0 Å². The Morgan fingerprint density at radius 1 is 1.10 bits per heavy atom. The molecule has 0 fully saturated rings. The smallest absolute Gasteiger partial charge is 0.230 e. The summed E-state index contributed by atoms with van der Waals surface area (Å²) in [6.45, 7) is 0.541. The highest BCUT2D eigenvalue weighted by Crippen LogP contribution is 2.31. The zero-order chi connectivity index (χ0) is 20.8. The van der Waals surface area contributed by atoms with E-state index in [1.165, 1.54) is 11.8 Å². The zero-order valence-electron chi connectivity index (χ0n) is 15.9. The van der Waals surface area contributed by atoms with Gasteiger partial charge in [-0.1, -0.05) is 70.2 Å². The van der Waals surface area contributed by atoms with E-state index in [4.69, 9.17) is 0 Å². The maximum absolute atomic E-state index is 12.1. The van der Waals surface area contributed by atoms with Crippen LogP contribution < -0.4 is 5.32 Å². The lowest BCUT2D eigenvalue weighted by Gasteiger charge is -2.03. The van der Waals surface area contributed by atoms with Gasteiger partial charge in [0.05, 0.1) is 21.7 Å². The summed E-state index contributed by atoms with van der Waals surface area (Å²) in [6.07, 6.45) is 1.85. The summed E-state index contributed by atoms with van der Waals surface area (Å²) in [5.41, 5.74) is 3.94. The van der Waals surface area contributed by atoms with Crippen molar-refractivity contribution >= 4 is 67.1 Å². The van der Waals surface area contributed by atoms with Gasteiger partial charge in [-0.2, -0.15) is 0 Å². The summed E-state index contributed by atoms with van der Waals surface area (Å²) >= 11 is 6.48. The first-order valence-corrected chi connectivity index (χ1v) is 11.9. The molecule has 0 unspecified atom stereocenters. The van der Waals surface area contributed by atoms with Crippen LogP contribution in [0.4, 0.5) is 5.69 Å². The van der Waals surface area contributed by atoms with Crippen molar-refractivity contribution in [2.45, 2.75) is 10.9 Å². The number of nitrogens with zero attached hydrogens (tertiary/aromatic N) is 2. The van der Waals surface area contributed by atoms with Crippen molar-refractivity contribution in [1.29, 1.82) is 0 Å². The standard InChI is InChI=1S/C23H18BrN3OS2/c24-18-8-6-17(7-9-18)13-25-19-10-11-20-21(12-19)30-23(27-20)29-15-22(28)26-14-16-4-2-1-3-5-16/h1-13H,14-15H2,(H,26,28). The number of fused-ring (bicyclic) bond motifs is 1. The van der Waals surface area contributed by atoms with E-state index in [9.17, 15) is 4.79 Å². The lowest BCUT2D eigenvalue weighted by molar-refractivity contribution is -0.118. The van der Waals surface area contributed by atoms with Crippen LogP contribution in [0.5, 0.6) is 0 Å². The van der Waals surface area contributed by atoms with Gasteiger partial charge in [-0.3, -0.25) is 9.79 Å². The molecule has 0 saturated heterocycles. The van der Waals surface area contributed by atoms with Gasteiger partial charge in [-0.25, -0.2) is 4.98 Å². The normalized spacial score (nSPS) is 11.2. The number of thioether (sulfide) groups is 1. The fourth-order valence-electron chi connectivity index (χ4n) is 2.71. The molecule has 4 aromatic rings. The van der Waals surface area contributed by atoms with Gasteiger partial charge in [0, 0.05) is 17.2 Å². The summed E-state index contributed by atoms with van der Waals surface area (Å²) in [7, 11) is 0. The first-order chi connectivity index (χ1) is 14.7. The average molecular weight is 496 g/mol. The topological polar surface area (TPSA) is 54.4 Å². The van der Waals surface area contributed by atoms with Crippen LogP contribution in [0, 0.1) is 0 Å². The molecule has 30 heavy (non-hydrogen) atoms. The van der Waals surface area contributed by atoms with Crippen molar-refractivity contribution in [2.24, 2.45) is 4.99 Å². The lowest BCUT2D eigenvalue weighted by Crippen LogP contribution is -2.24. The molecule has 1 N–H and O–H groups in total.